The Morgan fingerprint density at radius 2 is 1.80 bits per heavy atom. The average molecular weight is 615 g/mol. The summed E-state index contributed by atoms with van der Waals surface area (Å²) < 4.78 is 40.3. The lowest BCUT2D eigenvalue weighted by Gasteiger charge is -2.30. The zero-order valence-corrected chi connectivity index (χ0v) is 24.8. The van der Waals surface area contributed by atoms with Gasteiger partial charge in [-0.1, -0.05) is 18.2 Å². The summed E-state index contributed by atoms with van der Waals surface area (Å²) in [7, 11) is 2.97. The van der Waals surface area contributed by atoms with Crippen LogP contribution in [0.1, 0.15) is 27.1 Å². The highest BCUT2D eigenvalue weighted by Gasteiger charge is 2.35. The molecule has 0 saturated carbocycles. The average Bonchev–Trinajstić information content (AvgIpc) is 3.52. The van der Waals surface area contributed by atoms with Gasteiger partial charge in [-0.05, 0) is 36.8 Å². The predicted octanol–water partition coefficient (Wildman–Crippen LogP) is 3.73. The highest BCUT2D eigenvalue weighted by Crippen LogP contribution is 2.47. The standard InChI is InChI=1S/C33H31FN4O7/c1-42-26-9-5-6-20(30(26)43-2)32(40)35-19-10-11-37(17-19)28-23(34)16-21-27-31(28)45-25-8-4-3-7-24(25)38(27)18-22(29(21)39)33(41)36-12-14-44-15-13-36/h3-9,16,18-19H,10-15,17H2,1-2H3,(H,35,40). The third kappa shape index (κ3) is 4.81. The Morgan fingerprint density at radius 3 is 2.58 bits per heavy atom. The third-order valence-electron chi connectivity index (χ3n) is 8.52. The number of methoxy groups -OCH3 is 2. The maximum Gasteiger partial charge on any atom is 0.259 e. The number of nitrogens with one attached hydrogen (secondary N) is 1. The van der Waals surface area contributed by atoms with E-state index in [2.05, 4.69) is 5.32 Å². The van der Waals surface area contributed by atoms with Gasteiger partial charge in [-0.25, -0.2) is 4.39 Å². The van der Waals surface area contributed by atoms with Crippen molar-refractivity contribution in [3.05, 3.63) is 81.9 Å². The van der Waals surface area contributed by atoms with Crippen molar-refractivity contribution >= 4 is 28.4 Å². The van der Waals surface area contributed by atoms with E-state index in [4.69, 9.17) is 18.9 Å². The summed E-state index contributed by atoms with van der Waals surface area (Å²) in [5.41, 5.74) is 0.911. The first kappa shape index (κ1) is 28.7. The fourth-order valence-electron chi connectivity index (χ4n) is 6.35. The number of benzene rings is 3. The Labute approximate surface area is 257 Å². The van der Waals surface area contributed by atoms with Crippen molar-refractivity contribution in [3.8, 4) is 28.7 Å². The number of anilines is 1. The van der Waals surface area contributed by atoms with Crippen molar-refractivity contribution in [1.29, 1.82) is 0 Å². The minimum absolute atomic E-state index is 0.0453. The fraction of sp³-hybridized carbons (Fsp3) is 0.303. The maximum atomic E-state index is 16.2. The molecule has 3 aliphatic rings. The molecule has 45 heavy (non-hydrogen) atoms. The van der Waals surface area contributed by atoms with Crippen LogP contribution >= 0.6 is 0 Å². The third-order valence-corrected chi connectivity index (χ3v) is 8.52. The molecule has 4 heterocycles. The predicted molar refractivity (Wildman–Crippen MR) is 164 cm³/mol. The molecule has 1 aromatic heterocycles. The zero-order valence-electron chi connectivity index (χ0n) is 24.8. The monoisotopic (exact) mass is 614 g/mol. The summed E-state index contributed by atoms with van der Waals surface area (Å²) in [6.45, 7) is 2.24. The van der Waals surface area contributed by atoms with Gasteiger partial charge in [0.1, 0.15) is 16.8 Å². The van der Waals surface area contributed by atoms with Gasteiger partial charge in [0.2, 0.25) is 5.43 Å². The van der Waals surface area contributed by atoms with Crippen molar-refractivity contribution in [3.63, 3.8) is 0 Å². The molecule has 3 aliphatic heterocycles. The Hall–Kier alpha value is -5.10. The number of carbonyl (C=O) groups excluding carboxylic acids is 2. The number of rotatable bonds is 6. The molecule has 0 aliphatic carbocycles. The number of morpholine rings is 1. The lowest BCUT2D eigenvalue weighted by molar-refractivity contribution is 0.0301. The lowest BCUT2D eigenvalue weighted by atomic mass is 10.1. The van der Waals surface area contributed by atoms with Gasteiger partial charge >= 0.3 is 0 Å². The van der Waals surface area contributed by atoms with Gasteiger partial charge in [0.15, 0.2) is 28.8 Å². The van der Waals surface area contributed by atoms with Crippen molar-refractivity contribution in [2.75, 3.05) is 58.5 Å². The molecule has 4 aromatic rings. The van der Waals surface area contributed by atoms with E-state index in [0.717, 1.165) is 0 Å². The molecule has 2 saturated heterocycles. The van der Waals surface area contributed by atoms with Gasteiger partial charge < -0.3 is 38.6 Å². The summed E-state index contributed by atoms with van der Waals surface area (Å²) in [4.78, 5) is 43.9. The number of para-hydroxylation sites is 3. The van der Waals surface area contributed by atoms with E-state index in [1.807, 2.05) is 17.0 Å². The van der Waals surface area contributed by atoms with E-state index in [1.54, 1.807) is 39.8 Å². The number of fused-ring (bicyclic) bond motifs is 2. The fourth-order valence-corrected chi connectivity index (χ4v) is 6.35. The number of pyridine rings is 1. The van der Waals surface area contributed by atoms with E-state index < -0.39 is 17.2 Å². The molecular weight excluding hydrogens is 583 g/mol. The smallest absolute Gasteiger partial charge is 0.259 e. The molecule has 11 nitrogen and oxygen atoms in total. The molecule has 2 amide bonds. The Bertz CT molecular complexity index is 1900. The molecular formula is C33H31FN4O7. The minimum atomic E-state index is -0.655. The largest absolute Gasteiger partial charge is 0.493 e. The van der Waals surface area contributed by atoms with Crippen LogP contribution in [-0.4, -0.2) is 80.9 Å². The number of hydrogen-bond donors (Lipinski definition) is 1. The van der Waals surface area contributed by atoms with Crippen LogP contribution < -0.4 is 29.9 Å². The SMILES string of the molecule is COc1cccc(C(=O)NC2CCN(c3c(F)cc4c(=O)c(C(=O)N5CCOCC5)cn5c4c3Oc3ccccc3-5)C2)c1OC. The van der Waals surface area contributed by atoms with Crippen LogP contribution in [0.15, 0.2) is 59.5 Å². The zero-order chi connectivity index (χ0) is 31.2. The Kier molecular flexibility index (Phi) is 7.28. The molecule has 0 bridgehead atoms. The van der Waals surface area contributed by atoms with Crippen LogP contribution in [0.2, 0.25) is 0 Å². The summed E-state index contributed by atoms with van der Waals surface area (Å²) in [5.74, 6) is -0.00174. The molecule has 0 radical (unpaired) electrons. The van der Waals surface area contributed by atoms with Crippen molar-refractivity contribution < 1.29 is 32.9 Å². The van der Waals surface area contributed by atoms with Crippen LogP contribution in [0.5, 0.6) is 23.0 Å². The number of aromatic nitrogens is 1. The summed E-state index contributed by atoms with van der Waals surface area (Å²) >= 11 is 0. The Morgan fingerprint density at radius 1 is 1.00 bits per heavy atom. The van der Waals surface area contributed by atoms with E-state index in [-0.39, 0.29) is 34.3 Å². The topological polar surface area (TPSA) is 112 Å². The first-order valence-electron chi connectivity index (χ1n) is 14.7. The summed E-state index contributed by atoms with van der Waals surface area (Å²) in [6.07, 6.45) is 2.08. The number of amides is 2. The van der Waals surface area contributed by atoms with E-state index in [1.165, 1.54) is 26.5 Å². The highest BCUT2D eigenvalue weighted by atomic mass is 19.1. The number of ether oxygens (including phenoxy) is 4. The molecule has 0 spiro atoms. The van der Waals surface area contributed by atoms with Crippen molar-refractivity contribution in [2.24, 2.45) is 0 Å². The number of nitrogens with zero attached hydrogens (tertiary/aromatic N) is 3. The van der Waals surface area contributed by atoms with Crippen molar-refractivity contribution in [2.45, 2.75) is 12.5 Å². The van der Waals surface area contributed by atoms with Gasteiger partial charge in [-0.2, -0.15) is 0 Å². The van der Waals surface area contributed by atoms with E-state index in [0.29, 0.717) is 79.8 Å². The van der Waals surface area contributed by atoms with Crippen LogP contribution in [-0.2, 0) is 4.74 Å². The van der Waals surface area contributed by atoms with Crippen LogP contribution in [0.3, 0.4) is 0 Å². The van der Waals surface area contributed by atoms with E-state index in [9.17, 15) is 14.4 Å². The highest BCUT2D eigenvalue weighted by molar-refractivity contribution is 6.01. The second-order valence-corrected chi connectivity index (χ2v) is 11.1. The van der Waals surface area contributed by atoms with Gasteiger partial charge in [0, 0.05) is 38.4 Å². The summed E-state index contributed by atoms with van der Waals surface area (Å²) in [6, 6.07) is 13.2. The van der Waals surface area contributed by atoms with Crippen LogP contribution in [0, 0.1) is 5.82 Å². The Balaban J connectivity index is 1.26. The van der Waals surface area contributed by atoms with Crippen LogP contribution in [0.25, 0.3) is 16.6 Å². The van der Waals surface area contributed by atoms with Crippen molar-refractivity contribution in [1.82, 2.24) is 14.8 Å². The van der Waals surface area contributed by atoms with Gasteiger partial charge in [-0.3, -0.25) is 14.4 Å². The molecule has 1 N–H and O–H groups in total. The van der Waals surface area contributed by atoms with Gasteiger partial charge in [0.05, 0.1) is 44.1 Å². The first-order valence-corrected chi connectivity index (χ1v) is 14.7. The number of hydrogen-bond acceptors (Lipinski definition) is 8. The van der Waals surface area contributed by atoms with Gasteiger partial charge in [-0.15, -0.1) is 0 Å². The molecule has 232 valence electrons. The molecule has 7 rings (SSSR count). The minimum Gasteiger partial charge on any atom is -0.493 e. The van der Waals surface area contributed by atoms with Crippen LogP contribution in [0.4, 0.5) is 10.1 Å². The number of carbonyl (C=O) groups is 2. The second kappa shape index (κ2) is 11.4. The first-order chi connectivity index (χ1) is 21.9. The maximum absolute atomic E-state index is 16.2. The normalized spacial score (nSPS) is 17.1. The quantitative estimate of drug-likeness (QED) is 0.308. The second-order valence-electron chi connectivity index (χ2n) is 11.1. The lowest BCUT2D eigenvalue weighted by Crippen LogP contribution is -2.42. The molecule has 12 heteroatoms. The number of halogens is 1. The van der Waals surface area contributed by atoms with E-state index >= 15 is 4.39 Å². The van der Waals surface area contributed by atoms with Gasteiger partial charge in [0.25, 0.3) is 11.8 Å². The molecule has 1 unspecified atom stereocenters. The molecule has 3 aromatic carbocycles. The molecule has 1 atom stereocenters. The molecule has 2 fully saturated rings. The summed E-state index contributed by atoms with van der Waals surface area (Å²) in [5, 5.41) is 3.08.